The maximum absolute atomic E-state index is 12.3. The minimum Gasteiger partial charge on any atom is -0.351 e. The van der Waals surface area contributed by atoms with E-state index < -0.39 is 0 Å². The fourth-order valence-corrected chi connectivity index (χ4v) is 2.10. The molecule has 0 fully saturated rings. The molecule has 21 heavy (non-hydrogen) atoms. The Morgan fingerprint density at radius 1 is 1.24 bits per heavy atom. The summed E-state index contributed by atoms with van der Waals surface area (Å²) >= 11 is 0. The van der Waals surface area contributed by atoms with Crippen LogP contribution >= 0.6 is 0 Å². The van der Waals surface area contributed by atoms with Crippen molar-refractivity contribution in [3.8, 4) is 0 Å². The molecule has 1 heterocycles. The highest BCUT2D eigenvalue weighted by Gasteiger charge is 2.12. The zero-order chi connectivity index (χ0) is 15.4. The third kappa shape index (κ3) is 3.56. The molecule has 0 aliphatic heterocycles. The second kappa shape index (κ2) is 6.35. The monoisotopic (exact) mass is 285 g/mol. The molecule has 0 unspecified atom stereocenters. The zero-order valence-electron chi connectivity index (χ0n) is 12.5. The Kier molecular flexibility index (Phi) is 4.52. The van der Waals surface area contributed by atoms with Gasteiger partial charge in [-0.25, -0.2) is 0 Å². The van der Waals surface area contributed by atoms with Crippen LogP contribution in [0.25, 0.3) is 10.9 Å². The van der Waals surface area contributed by atoms with Crippen LogP contribution in [0, 0.1) is 6.92 Å². The van der Waals surface area contributed by atoms with Gasteiger partial charge in [0.2, 0.25) is 5.91 Å². The Hall–Kier alpha value is -2.43. The van der Waals surface area contributed by atoms with Gasteiger partial charge < -0.3 is 10.2 Å². The van der Waals surface area contributed by atoms with Gasteiger partial charge in [-0.1, -0.05) is 18.2 Å². The number of para-hydroxylation sites is 1. The number of hydrogen-bond donors (Lipinski definition) is 1. The first kappa shape index (κ1) is 15.0. The van der Waals surface area contributed by atoms with Gasteiger partial charge in [0.25, 0.3) is 5.91 Å². The zero-order valence-corrected chi connectivity index (χ0v) is 12.5. The molecular weight excluding hydrogens is 266 g/mol. The Bertz CT molecular complexity index is 680. The number of amides is 2. The second-order valence-electron chi connectivity index (χ2n) is 5.12. The smallest absolute Gasteiger partial charge is 0.252 e. The molecule has 0 saturated heterocycles. The number of nitrogens with one attached hydrogen (secondary N) is 1. The van der Waals surface area contributed by atoms with Crippen molar-refractivity contribution in [3.05, 3.63) is 41.6 Å². The van der Waals surface area contributed by atoms with Crippen LogP contribution < -0.4 is 5.32 Å². The minimum absolute atomic E-state index is 0.00827. The first-order valence-corrected chi connectivity index (χ1v) is 6.84. The number of aryl methyl sites for hydroxylation is 1. The molecule has 0 saturated carbocycles. The molecule has 2 rings (SSSR count). The molecule has 110 valence electrons. The predicted molar refractivity (Wildman–Crippen MR) is 82.1 cm³/mol. The molecule has 2 aromatic rings. The number of fused-ring (bicyclic) bond motifs is 1. The summed E-state index contributed by atoms with van der Waals surface area (Å²) in [6.45, 7) is 2.18. The van der Waals surface area contributed by atoms with Gasteiger partial charge in [-0.05, 0) is 19.1 Å². The number of hydrogen-bond acceptors (Lipinski definition) is 3. The van der Waals surface area contributed by atoms with Gasteiger partial charge in [-0.2, -0.15) is 0 Å². The standard InChI is InChI=1S/C16H19N3O2/c1-11-10-13(12-6-4-5-7-14(12)18-11)16(21)17-9-8-15(20)19(2)3/h4-7,10H,8-9H2,1-3H3,(H,17,21). The number of rotatable bonds is 4. The average molecular weight is 285 g/mol. The van der Waals surface area contributed by atoms with Crippen molar-refractivity contribution < 1.29 is 9.59 Å². The lowest BCUT2D eigenvalue weighted by Gasteiger charge is -2.11. The first-order valence-electron chi connectivity index (χ1n) is 6.84. The lowest BCUT2D eigenvalue weighted by Crippen LogP contribution is -2.30. The van der Waals surface area contributed by atoms with Crippen molar-refractivity contribution in [2.45, 2.75) is 13.3 Å². The van der Waals surface area contributed by atoms with Gasteiger partial charge in [-0.3, -0.25) is 14.6 Å². The quantitative estimate of drug-likeness (QED) is 0.931. The van der Waals surface area contributed by atoms with Gasteiger partial charge in [0, 0.05) is 38.1 Å². The number of aromatic nitrogens is 1. The molecule has 1 aromatic heterocycles. The summed E-state index contributed by atoms with van der Waals surface area (Å²) in [6.07, 6.45) is 0.292. The fourth-order valence-electron chi connectivity index (χ4n) is 2.10. The highest BCUT2D eigenvalue weighted by atomic mass is 16.2. The number of benzene rings is 1. The maximum atomic E-state index is 12.3. The fraction of sp³-hybridized carbons (Fsp3) is 0.312. The molecule has 0 spiro atoms. The summed E-state index contributed by atoms with van der Waals surface area (Å²) in [5, 5.41) is 3.61. The topological polar surface area (TPSA) is 62.3 Å². The summed E-state index contributed by atoms with van der Waals surface area (Å²) in [7, 11) is 3.40. The number of nitrogens with zero attached hydrogens (tertiary/aromatic N) is 2. The van der Waals surface area contributed by atoms with Gasteiger partial charge in [0.1, 0.15) is 0 Å². The van der Waals surface area contributed by atoms with Gasteiger partial charge in [0.15, 0.2) is 0 Å². The molecule has 5 nitrogen and oxygen atoms in total. The molecule has 1 N–H and O–H groups in total. The van der Waals surface area contributed by atoms with E-state index in [-0.39, 0.29) is 11.8 Å². The van der Waals surface area contributed by atoms with E-state index in [0.29, 0.717) is 18.5 Å². The van der Waals surface area contributed by atoms with E-state index in [4.69, 9.17) is 0 Å². The van der Waals surface area contributed by atoms with Crippen LogP contribution in [0.3, 0.4) is 0 Å². The summed E-state index contributed by atoms with van der Waals surface area (Å²) in [4.78, 5) is 29.7. The van der Waals surface area contributed by atoms with Crippen molar-refractivity contribution in [1.82, 2.24) is 15.2 Å². The molecule has 2 amide bonds. The molecule has 0 aliphatic carbocycles. The summed E-state index contributed by atoms with van der Waals surface area (Å²) in [5.74, 6) is -0.186. The highest BCUT2D eigenvalue weighted by Crippen LogP contribution is 2.17. The third-order valence-electron chi connectivity index (χ3n) is 3.21. The van der Waals surface area contributed by atoms with Gasteiger partial charge in [0.05, 0.1) is 11.1 Å². The van der Waals surface area contributed by atoms with Crippen LogP contribution in [-0.4, -0.2) is 42.3 Å². The van der Waals surface area contributed by atoms with Crippen LogP contribution in [0.4, 0.5) is 0 Å². The molecule has 0 radical (unpaired) electrons. The van der Waals surface area contributed by atoms with E-state index >= 15 is 0 Å². The largest absolute Gasteiger partial charge is 0.351 e. The van der Waals surface area contributed by atoms with E-state index in [1.807, 2.05) is 31.2 Å². The van der Waals surface area contributed by atoms with Crippen molar-refractivity contribution >= 4 is 22.7 Å². The van der Waals surface area contributed by atoms with E-state index in [9.17, 15) is 9.59 Å². The first-order chi connectivity index (χ1) is 9.99. The Morgan fingerprint density at radius 2 is 1.95 bits per heavy atom. The second-order valence-corrected chi connectivity index (χ2v) is 5.12. The Labute approximate surface area is 124 Å². The molecule has 5 heteroatoms. The predicted octanol–water partition coefficient (Wildman–Crippen LogP) is 1.75. The molecule has 0 atom stereocenters. The third-order valence-corrected chi connectivity index (χ3v) is 3.21. The van der Waals surface area contributed by atoms with Gasteiger partial charge >= 0.3 is 0 Å². The normalized spacial score (nSPS) is 10.4. The van der Waals surface area contributed by atoms with Crippen molar-refractivity contribution in [3.63, 3.8) is 0 Å². The van der Waals surface area contributed by atoms with E-state index in [2.05, 4.69) is 10.3 Å². The van der Waals surface area contributed by atoms with E-state index in [1.54, 1.807) is 20.2 Å². The summed E-state index contributed by atoms with van der Waals surface area (Å²) in [6, 6.07) is 9.31. The Morgan fingerprint density at radius 3 is 2.67 bits per heavy atom. The lowest BCUT2D eigenvalue weighted by molar-refractivity contribution is -0.128. The van der Waals surface area contributed by atoms with Crippen LogP contribution in [0.5, 0.6) is 0 Å². The van der Waals surface area contributed by atoms with E-state index in [0.717, 1.165) is 16.6 Å². The van der Waals surface area contributed by atoms with Crippen LogP contribution in [-0.2, 0) is 4.79 Å². The number of carbonyl (C=O) groups excluding carboxylic acids is 2. The van der Waals surface area contributed by atoms with Crippen LogP contribution in [0.1, 0.15) is 22.5 Å². The highest BCUT2D eigenvalue weighted by molar-refractivity contribution is 6.06. The van der Waals surface area contributed by atoms with Crippen LogP contribution in [0.15, 0.2) is 30.3 Å². The molecule has 1 aromatic carbocycles. The van der Waals surface area contributed by atoms with Gasteiger partial charge in [-0.15, -0.1) is 0 Å². The Balaban J connectivity index is 2.14. The molecule has 0 bridgehead atoms. The average Bonchev–Trinajstić information content (AvgIpc) is 2.45. The maximum Gasteiger partial charge on any atom is 0.252 e. The number of carbonyl (C=O) groups is 2. The van der Waals surface area contributed by atoms with Crippen molar-refractivity contribution in [2.75, 3.05) is 20.6 Å². The van der Waals surface area contributed by atoms with Crippen molar-refractivity contribution in [1.29, 1.82) is 0 Å². The molecule has 0 aliphatic rings. The SMILES string of the molecule is Cc1cc(C(=O)NCCC(=O)N(C)C)c2ccccc2n1. The van der Waals surface area contributed by atoms with E-state index in [1.165, 1.54) is 4.90 Å². The summed E-state index contributed by atoms with van der Waals surface area (Å²) < 4.78 is 0. The van der Waals surface area contributed by atoms with Crippen LogP contribution in [0.2, 0.25) is 0 Å². The molecular formula is C16H19N3O2. The van der Waals surface area contributed by atoms with Crippen molar-refractivity contribution in [2.24, 2.45) is 0 Å². The lowest BCUT2D eigenvalue weighted by atomic mass is 10.1. The minimum atomic E-state index is -0.178. The summed E-state index contributed by atoms with van der Waals surface area (Å²) in [5.41, 5.74) is 2.19. The number of pyridine rings is 1.